The molecular formula is C22H20ClN5O4. The van der Waals surface area contributed by atoms with Crippen LogP contribution >= 0.6 is 11.6 Å². The van der Waals surface area contributed by atoms with Crippen molar-refractivity contribution in [3.8, 4) is 23.3 Å². The maximum Gasteiger partial charge on any atom is 0.349 e. The number of aromatic nitrogens is 2. The summed E-state index contributed by atoms with van der Waals surface area (Å²) >= 11 is 6.17. The number of aryl methyl sites for hydroxylation is 1. The van der Waals surface area contributed by atoms with Crippen molar-refractivity contribution < 1.29 is 19.4 Å². The molecule has 2 atom stereocenters. The summed E-state index contributed by atoms with van der Waals surface area (Å²) in [5.41, 5.74) is 7.78. The molecule has 2 unspecified atom stereocenters. The van der Waals surface area contributed by atoms with Crippen LogP contribution in [0.25, 0.3) is 5.69 Å². The molecular weight excluding hydrogens is 434 g/mol. The number of hydrazine groups is 1. The monoisotopic (exact) mass is 453 g/mol. The van der Waals surface area contributed by atoms with Crippen LogP contribution in [0.5, 0.6) is 11.5 Å². The van der Waals surface area contributed by atoms with Crippen LogP contribution in [0, 0.1) is 25.2 Å². The van der Waals surface area contributed by atoms with Gasteiger partial charge in [0.05, 0.1) is 22.0 Å². The summed E-state index contributed by atoms with van der Waals surface area (Å²) in [6.07, 6.45) is -1.14. The lowest BCUT2D eigenvalue weighted by molar-refractivity contribution is -0.155. The molecule has 10 heteroatoms. The third kappa shape index (κ3) is 3.92. The standard InChI is InChI=1S/C22H20ClN5O4/c1-12-19(13(2)28(26-12)16-7-4-14(11-24)18(23)10-16)31-17-8-5-15(6-9-17)22(3)27-25-20(32-22)21(29)30/h4-10,20,25,27H,1-3H3,(H,29,30). The smallest absolute Gasteiger partial charge is 0.349 e. The first-order valence-electron chi connectivity index (χ1n) is 9.70. The van der Waals surface area contributed by atoms with Crippen molar-refractivity contribution in [2.24, 2.45) is 0 Å². The van der Waals surface area contributed by atoms with Crippen LogP contribution in [-0.2, 0) is 15.3 Å². The zero-order valence-electron chi connectivity index (χ0n) is 17.5. The lowest BCUT2D eigenvalue weighted by Crippen LogP contribution is -2.40. The molecule has 1 aromatic heterocycles. The predicted molar refractivity (Wildman–Crippen MR) is 115 cm³/mol. The van der Waals surface area contributed by atoms with Gasteiger partial charge in [-0.3, -0.25) is 0 Å². The van der Waals surface area contributed by atoms with Gasteiger partial charge in [-0.2, -0.15) is 10.4 Å². The summed E-state index contributed by atoms with van der Waals surface area (Å²) in [6, 6.07) is 14.3. The van der Waals surface area contributed by atoms with Crippen LogP contribution in [0.4, 0.5) is 0 Å². The van der Waals surface area contributed by atoms with Crippen molar-refractivity contribution in [1.29, 1.82) is 5.26 Å². The molecule has 0 aliphatic carbocycles. The van der Waals surface area contributed by atoms with E-state index >= 15 is 0 Å². The van der Waals surface area contributed by atoms with Crippen molar-refractivity contribution in [2.75, 3.05) is 0 Å². The zero-order chi connectivity index (χ0) is 23.0. The van der Waals surface area contributed by atoms with Gasteiger partial charge in [0.1, 0.15) is 17.5 Å². The lowest BCUT2D eigenvalue weighted by atomic mass is 10.1. The average molecular weight is 454 g/mol. The third-order valence-corrected chi connectivity index (χ3v) is 5.50. The summed E-state index contributed by atoms with van der Waals surface area (Å²) in [7, 11) is 0. The fourth-order valence-electron chi connectivity index (χ4n) is 3.46. The minimum absolute atomic E-state index is 0.353. The highest BCUT2D eigenvalue weighted by Gasteiger charge is 2.40. The van der Waals surface area contributed by atoms with Crippen molar-refractivity contribution in [2.45, 2.75) is 32.7 Å². The van der Waals surface area contributed by atoms with E-state index in [0.717, 1.165) is 16.9 Å². The molecule has 1 aliphatic rings. The molecule has 3 aromatic rings. The van der Waals surface area contributed by atoms with Gasteiger partial charge in [-0.1, -0.05) is 23.7 Å². The third-order valence-electron chi connectivity index (χ3n) is 5.19. The Balaban J connectivity index is 1.56. The molecule has 2 aromatic carbocycles. The zero-order valence-corrected chi connectivity index (χ0v) is 18.3. The Labute approximate surface area is 189 Å². The van der Waals surface area contributed by atoms with Gasteiger partial charge in [-0.25, -0.2) is 20.3 Å². The van der Waals surface area contributed by atoms with Crippen molar-refractivity contribution in [1.82, 2.24) is 20.6 Å². The molecule has 1 fully saturated rings. The van der Waals surface area contributed by atoms with Gasteiger partial charge < -0.3 is 14.6 Å². The van der Waals surface area contributed by atoms with E-state index in [-0.39, 0.29) is 0 Å². The SMILES string of the molecule is Cc1nn(-c2ccc(C#N)c(Cl)c2)c(C)c1Oc1ccc(C2(C)NNC(C(=O)O)O2)cc1. The molecule has 2 heterocycles. The first-order chi connectivity index (χ1) is 15.2. The highest BCUT2D eigenvalue weighted by atomic mass is 35.5. The Morgan fingerprint density at radius 1 is 1.31 bits per heavy atom. The lowest BCUT2D eigenvalue weighted by Gasteiger charge is -2.23. The highest BCUT2D eigenvalue weighted by Crippen LogP contribution is 2.33. The van der Waals surface area contributed by atoms with E-state index in [9.17, 15) is 4.79 Å². The molecule has 9 nitrogen and oxygen atoms in total. The van der Waals surface area contributed by atoms with Crippen LogP contribution in [0.15, 0.2) is 42.5 Å². The van der Waals surface area contributed by atoms with Gasteiger partial charge >= 0.3 is 5.97 Å². The molecule has 0 spiro atoms. The minimum Gasteiger partial charge on any atom is -0.478 e. The molecule has 164 valence electrons. The Morgan fingerprint density at radius 3 is 2.62 bits per heavy atom. The number of benzene rings is 2. The second kappa shape index (κ2) is 8.26. The average Bonchev–Trinajstić information content (AvgIpc) is 3.30. The van der Waals surface area contributed by atoms with Crippen molar-refractivity contribution in [3.63, 3.8) is 0 Å². The Bertz CT molecular complexity index is 1230. The van der Waals surface area contributed by atoms with Gasteiger partial charge in [0, 0.05) is 0 Å². The molecule has 1 saturated heterocycles. The summed E-state index contributed by atoms with van der Waals surface area (Å²) in [6.45, 7) is 5.46. The topological polar surface area (TPSA) is 121 Å². The second-order valence-electron chi connectivity index (χ2n) is 7.45. The van der Waals surface area contributed by atoms with Gasteiger partial charge in [0.15, 0.2) is 11.5 Å². The number of carboxylic acid groups (broad SMARTS) is 1. The number of rotatable bonds is 5. The molecule has 32 heavy (non-hydrogen) atoms. The predicted octanol–water partition coefficient (Wildman–Crippen LogP) is 3.51. The number of carbonyl (C=O) groups is 1. The van der Waals surface area contributed by atoms with Gasteiger partial charge in [0.2, 0.25) is 6.23 Å². The molecule has 4 rings (SSSR count). The van der Waals surface area contributed by atoms with Crippen molar-refractivity contribution >= 4 is 17.6 Å². The maximum absolute atomic E-state index is 11.1. The number of nitrogens with one attached hydrogen (secondary N) is 2. The second-order valence-corrected chi connectivity index (χ2v) is 7.86. The van der Waals surface area contributed by atoms with Crippen LogP contribution in [0.3, 0.4) is 0 Å². The first-order valence-corrected chi connectivity index (χ1v) is 10.1. The Kier molecular flexibility index (Phi) is 5.62. The number of hydrogen-bond acceptors (Lipinski definition) is 7. The summed E-state index contributed by atoms with van der Waals surface area (Å²) in [5, 5.41) is 23.1. The van der Waals surface area contributed by atoms with Crippen LogP contribution in [-0.4, -0.2) is 27.1 Å². The van der Waals surface area contributed by atoms with E-state index in [1.807, 2.05) is 19.9 Å². The summed E-state index contributed by atoms with van der Waals surface area (Å²) in [4.78, 5) is 11.1. The van der Waals surface area contributed by atoms with E-state index in [0.29, 0.717) is 27.8 Å². The number of halogens is 1. The summed E-state index contributed by atoms with van der Waals surface area (Å²) in [5.74, 6) is 0.0849. The van der Waals surface area contributed by atoms with E-state index in [4.69, 9.17) is 31.4 Å². The fraction of sp³-hybridized carbons (Fsp3) is 0.227. The number of aliphatic carboxylic acids is 1. The van der Waals surface area contributed by atoms with E-state index in [1.165, 1.54) is 0 Å². The number of nitriles is 1. The number of ether oxygens (including phenoxy) is 2. The largest absolute Gasteiger partial charge is 0.478 e. The van der Waals surface area contributed by atoms with Gasteiger partial charge in [-0.15, -0.1) is 0 Å². The minimum atomic E-state index is -1.14. The number of nitrogens with zero attached hydrogens (tertiary/aromatic N) is 3. The molecule has 3 N–H and O–H groups in total. The van der Waals surface area contributed by atoms with Gasteiger partial charge in [0.25, 0.3) is 0 Å². The highest BCUT2D eigenvalue weighted by molar-refractivity contribution is 6.31. The van der Waals surface area contributed by atoms with Gasteiger partial charge in [-0.05, 0) is 56.7 Å². The van der Waals surface area contributed by atoms with Crippen LogP contribution < -0.4 is 15.6 Å². The molecule has 0 amide bonds. The Hall–Kier alpha value is -3.42. The number of carboxylic acids is 1. The quantitative estimate of drug-likeness (QED) is 0.536. The molecule has 1 aliphatic heterocycles. The normalized spacial score (nSPS) is 20.2. The summed E-state index contributed by atoms with van der Waals surface area (Å²) < 4.78 is 13.4. The van der Waals surface area contributed by atoms with Crippen LogP contribution in [0.2, 0.25) is 5.02 Å². The van der Waals surface area contributed by atoms with Crippen molar-refractivity contribution in [3.05, 3.63) is 70.0 Å². The van der Waals surface area contributed by atoms with Crippen LogP contribution in [0.1, 0.15) is 29.4 Å². The molecule has 0 radical (unpaired) electrons. The Morgan fingerprint density at radius 2 is 2.03 bits per heavy atom. The maximum atomic E-state index is 11.1. The fourth-order valence-corrected chi connectivity index (χ4v) is 3.68. The molecule has 0 saturated carbocycles. The van der Waals surface area contributed by atoms with E-state index < -0.39 is 17.9 Å². The van der Waals surface area contributed by atoms with E-state index in [2.05, 4.69) is 16.0 Å². The van der Waals surface area contributed by atoms with E-state index in [1.54, 1.807) is 54.1 Å². The first kappa shape index (κ1) is 21.8. The molecule has 0 bridgehead atoms. The number of hydrogen-bond donors (Lipinski definition) is 3.